The molecule has 3 aromatic carbocycles. The molecule has 0 aliphatic rings. The van der Waals surface area contributed by atoms with Crippen LogP contribution in [0.4, 0.5) is 0 Å². The number of aromatic nitrogens is 2. The number of ether oxygens (including phenoxy) is 1. The van der Waals surface area contributed by atoms with E-state index < -0.39 is 16.7 Å². The van der Waals surface area contributed by atoms with E-state index in [9.17, 15) is 14.7 Å². The lowest BCUT2D eigenvalue weighted by Gasteiger charge is -2.18. The molecule has 7 heteroatoms. The number of carbonyl (C=O) groups is 2. The number of aliphatic carboxylic acids is 1. The van der Waals surface area contributed by atoms with Crippen molar-refractivity contribution in [3.8, 4) is 11.1 Å². The molecular formula is C28H26N2O4S. The third-order valence-corrected chi connectivity index (χ3v) is 6.63. The van der Waals surface area contributed by atoms with Gasteiger partial charge in [0, 0.05) is 16.7 Å². The Balaban J connectivity index is 1.30. The Morgan fingerprint density at radius 1 is 0.914 bits per heavy atom. The van der Waals surface area contributed by atoms with Gasteiger partial charge in [-0.1, -0.05) is 54.6 Å². The van der Waals surface area contributed by atoms with Crippen molar-refractivity contribution < 1.29 is 19.4 Å². The molecule has 1 heterocycles. The zero-order valence-corrected chi connectivity index (χ0v) is 20.4. The molecule has 0 atom stereocenters. The number of carboxylic acids is 1. The summed E-state index contributed by atoms with van der Waals surface area (Å²) in [4.78, 5) is 24.5. The molecule has 1 aromatic heterocycles. The minimum absolute atomic E-state index is 0.119. The molecule has 4 aromatic rings. The maximum atomic E-state index is 12.4. The molecule has 178 valence electrons. The van der Waals surface area contributed by atoms with Crippen LogP contribution in [0.25, 0.3) is 11.1 Å². The number of carboxylic acid groups (broad SMARTS) is 1. The zero-order valence-electron chi connectivity index (χ0n) is 19.5. The van der Waals surface area contributed by atoms with Crippen molar-refractivity contribution in [1.82, 2.24) is 9.78 Å². The molecule has 0 saturated carbocycles. The number of nitrogens with zero attached hydrogens (tertiary/aromatic N) is 2. The van der Waals surface area contributed by atoms with Crippen molar-refractivity contribution in [3.05, 3.63) is 108 Å². The van der Waals surface area contributed by atoms with Crippen LogP contribution in [-0.4, -0.2) is 31.6 Å². The fraction of sp³-hybridized carbons (Fsp3) is 0.179. The molecule has 0 aliphatic heterocycles. The van der Waals surface area contributed by atoms with Crippen LogP contribution in [0.15, 0.2) is 96.2 Å². The van der Waals surface area contributed by atoms with Crippen molar-refractivity contribution in [2.75, 3.05) is 0 Å². The number of hydrogen-bond acceptors (Lipinski definition) is 5. The van der Waals surface area contributed by atoms with Crippen LogP contribution in [0, 0.1) is 0 Å². The standard InChI is InChI=1S/C28H26N2O4S/c1-28(2,27(32)33)35-25-14-12-24(13-15-25)26(31)34-19-21-16-29-30(18-21)17-20-8-10-23(11-9-20)22-6-4-3-5-7-22/h3-16,18H,17,19H2,1-2H3,(H,32,33). The fourth-order valence-electron chi connectivity index (χ4n) is 3.42. The lowest BCUT2D eigenvalue weighted by Crippen LogP contribution is -2.26. The van der Waals surface area contributed by atoms with Crippen molar-refractivity contribution in [1.29, 1.82) is 0 Å². The Hall–Kier alpha value is -3.84. The number of thioether (sulfide) groups is 1. The van der Waals surface area contributed by atoms with Crippen LogP contribution in [0.1, 0.15) is 35.3 Å². The Morgan fingerprint density at radius 3 is 2.23 bits per heavy atom. The van der Waals surface area contributed by atoms with Gasteiger partial charge in [0.05, 0.1) is 18.3 Å². The van der Waals surface area contributed by atoms with Gasteiger partial charge in [0.2, 0.25) is 0 Å². The summed E-state index contributed by atoms with van der Waals surface area (Å²) >= 11 is 1.22. The Morgan fingerprint density at radius 2 is 1.57 bits per heavy atom. The van der Waals surface area contributed by atoms with E-state index in [2.05, 4.69) is 41.5 Å². The number of carbonyl (C=O) groups excluding carboxylic acids is 1. The van der Waals surface area contributed by atoms with Crippen LogP contribution in [0.3, 0.4) is 0 Å². The molecule has 0 aliphatic carbocycles. The fourth-order valence-corrected chi connectivity index (χ4v) is 4.37. The summed E-state index contributed by atoms with van der Waals surface area (Å²) in [5.41, 5.74) is 4.68. The van der Waals surface area contributed by atoms with E-state index in [1.54, 1.807) is 44.3 Å². The van der Waals surface area contributed by atoms with Crippen LogP contribution >= 0.6 is 11.8 Å². The van der Waals surface area contributed by atoms with E-state index in [1.807, 2.05) is 29.1 Å². The third-order valence-electron chi connectivity index (χ3n) is 5.44. The molecule has 0 spiro atoms. The second-order valence-corrected chi connectivity index (χ2v) is 10.3. The van der Waals surface area contributed by atoms with E-state index in [0.717, 1.165) is 16.0 Å². The van der Waals surface area contributed by atoms with Gasteiger partial charge >= 0.3 is 11.9 Å². The highest BCUT2D eigenvalue weighted by molar-refractivity contribution is 8.01. The lowest BCUT2D eigenvalue weighted by molar-refractivity contribution is -0.138. The Bertz CT molecular complexity index is 1300. The van der Waals surface area contributed by atoms with Gasteiger partial charge in [0.25, 0.3) is 0 Å². The maximum Gasteiger partial charge on any atom is 0.338 e. The summed E-state index contributed by atoms with van der Waals surface area (Å²) in [5, 5.41) is 13.6. The third kappa shape index (κ3) is 6.39. The van der Waals surface area contributed by atoms with E-state index in [1.165, 1.54) is 22.9 Å². The monoisotopic (exact) mass is 486 g/mol. The summed E-state index contributed by atoms with van der Waals surface area (Å²) in [5.74, 6) is -1.33. The van der Waals surface area contributed by atoms with Gasteiger partial charge in [-0.15, -0.1) is 11.8 Å². The minimum atomic E-state index is -0.952. The first kappa shape index (κ1) is 24.3. The van der Waals surface area contributed by atoms with Crippen LogP contribution < -0.4 is 0 Å². The van der Waals surface area contributed by atoms with Gasteiger partial charge < -0.3 is 9.84 Å². The molecule has 4 rings (SSSR count). The summed E-state index contributed by atoms with van der Waals surface area (Å²) in [7, 11) is 0. The van der Waals surface area contributed by atoms with Gasteiger partial charge in [-0.05, 0) is 54.8 Å². The first-order valence-corrected chi connectivity index (χ1v) is 12.0. The predicted octanol–water partition coefficient (Wildman–Crippen LogP) is 5.91. The van der Waals surface area contributed by atoms with Crippen molar-refractivity contribution in [3.63, 3.8) is 0 Å². The smallest absolute Gasteiger partial charge is 0.338 e. The summed E-state index contributed by atoms with van der Waals surface area (Å²) in [6.45, 7) is 4.02. The maximum absolute atomic E-state index is 12.4. The van der Waals surface area contributed by atoms with Crippen LogP contribution in [-0.2, 0) is 22.7 Å². The molecule has 0 bridgehead atoms. The first-order chi connectivity index (χ1) is 16.8. The van der Waals surface area contributed by atoms with Gasteiger partial charge in [-0.2, -0.15) is 5.10 Å². The first-order valence-electron chi connectivity index (χ1n) is 11.2. The molecule has 0 fully saturated rings. The number of benzene rings is 3. The van der Waals surface area contributed by atoms with Crippen molar-refractivity contribution in [2.24, 2.45) is 0 Å². The van der Waals surface area contributed by atoms with Gasteiger partial charge in [-0.3, -0.25) is 9.48 Å². The van der Waals surface area contributed by atoms with Crippen molar-refractivity contribution in [2.45, 2.75) is 36.6 Å². The molecule has 35 heavy (non-hydrogen) atoms. The van der Waals surface area contributed by atoms with Gasteiger partial charge in [0.1, 0.15) is 11.4 Å². The van der Waals surface area contributed by atoms with Gasteiger partial charge in [-0.25, -0.2) is 4.79 Å². The molecule has 0 radical (unpaired) electrons. The van der Waals surface area contributed by atoms with E-state index in [4.69, 9.17) is 4.74 Å². The molecule has 1 N–H and O–H groups in total. The Labute approximate surface area is 208 Å². The average molecular weight is 487 g/mol. The Kier molecular flexibility index (Phi) is 7.36. The SMILES string of the molecule is CC(C)(Sc1ccc(C(=O)OCc2cnn(Cc3ccc(-c4ccccc4)cc3)c2)cc1)C(=O)O. The molecule has 0 unspecified atom stereocenters. The topological polar surface area (TPSA) is 81.4 Å². The van der Waals surface area contributed by atoms with Crippen LogP contribution in [0.5, 0.6) is 0 Å². The average Bonchev–Trinajstić information content (AvgIpc) is 3.31. The second-order valence-electron chi connectivity index (χ2n) is 8.63. The molecule has 0 saturated heterocycles. The zero-order chi connectivity index (χ0) is 24.8. The summed E-state index contributed by atoms with van der Waals surface area (Å²) < 4.78 is 6.29. The predicted molar refractivity (Wildman–Crippen MR) is 136 cm³/mol. The van der Waals surface area contributed by atoms with Crippen molar-refractivity contribution >= 4 is 23.7 Å². The van der Waals surface area contributed by atoms with E-state index in [0.29, 0.717) is 12.1 Å². The molecule has 0 amide bonds. The minimum Gasteiger partial charge on any atom is -0.480 e. The highest BCUT2D eigenvalue weighted by Crippen LogP contribution is 2.32. The van der Waals surface area contributed by atoms with Crippen LogP contribution in [0.2, 0.25) is 0 Å². The normalized spacial score (nSPS) is 11.3. The van der Waals surface area contributed by atoms with E-state index >= 15 is 0 Å². The summed E-state index contributed by atoms with van der Waals surface area (Å²) in [6, 6.07) is 25.4. The quantitative estimate of drug-likeness (QED) is 0.234. The van der Waals surface area contributed by atoms with E-state index in [-0.39, 0.29) is 6.61 Å². The number of hydrogen-bond donors (Lipinski definition) is 1. The van der Waals surface area contributed by atoms with Gasteiger partial charge in [0.15, 0.2) is 0 Å². The number of rotatable bonds is 9. The highest BCUT2D eigenvalue weighted by atomic mass is 32.2. The second kappa shape index (κ2) is 10.6. The lowest BCUT2D eigenvalue weighted by atomic mass is 10.0. The molecule has 6 nitrogen and oxygen atoms in total. The number of esters is 1. The highest BCUT2D eigenvalue weighted by Gasteiger charge is 2.28. The summed E-state index contributed by atoms with van der Waals surface area (Å²) in [6.07, 6.45) is 3.56. The molecular weight excluding hydrogens is 460 g/mol. The largest absolute Gasteiger partial charge is 0.480 e.